The summed E-state index contributed by atoms with van der Waals surface area (Å²) in [6.07, 6.45) is 2.61. The molecular formula is C16H22ClN3O2. The standard InChI is InChI=1S/C16H21N3O2.ClH/c1-18(2)16(21)14-4-3-9-19(14)15(20)12-5-6-13-11(10-12)7-8-17-13;/h5-6,10,14,17H,3-4,7-9H2,1-2H3;1H. The zero-order valence-corrected chi connectivity index (χ0v) is 13.8. The summed E-state index contributed by atoms with van der Waals surface area (Å²) in [6, 6.07) is 5.48. The average Bonchev–Trinajstić information content (AvgIpc) is 3.13. The molecule has 0 saturated carbocycles. The van der Waals surface area contributed by atoms with Crippen LogP contribution in [0.1, 0.15) is 28.8 Å². The van der Waals surface area contributed by atoms with Crippen molar-refractivity contribution in [3.63, 3.8) is 0 Å². The summed E-state index contributed by atoms with van der Waals surface area (Å²) in [5.74, 6) is -0.00826. The van der Waals surface area contributed by atoms with Gasteiger partial charge in [-0.2, -0.15) is 0 Å². The van der Waals surface area contributed by atoms with Gasteiger partial charge < -0.3 is 15.1 Å². The van der Waals surface area contributed by atoms with Gasteiger partial charge in [-0.3, -0.25) is 9.59 Å². The molecule has 5 nitrogen and oxygen atoms in total. The predicted octanol–water partition coefficient (Wildman–Crippen LogP) is 1.77. The van der Waals surface area contributed by atoms with Crippen molar-refractivity contribution in [2.24, 2.45) is 0 Å². The molecule has 2 heterocycles. The topological polar surface area (TPSA) is 52.7 Å². The van der Waals surface area contributed by atoms with E-state index in [4.69, 9.17) is 0 Å². The van der Waals surface area contributed by atoms with E-state index in [-0.39, 0.29) is 30.3 Å². The Labute approximate surface area is 137 Å². The second-order valence-electron chi connectivity index (χ2n) is 5.94. The Morgan fingerprint density at radius 1 is 1.32 bits per heavy atom. The molecule has 0 bridgehead atoms. The summed E-state index contributed by atoms with van der Waals surface area (Å²) in [4.78, 5) is 28.2. The highest BCUT2D eigenvalue weighted by Crippen LogP contribution is 2.26. The molecule has 1 N–H and O–H groups in total. The summed E-state index contributed by atoms with van der Waals surface area (Å²) < 4.78 is 0. The van der Waals surface area contributed by atoms with Crippen LogP contribution < -0.4 is 5.32 Å². The fourth-order valence-corrected chi connectivity index (χ4v) is 3.17. The molecule has 1 aromatic rings. The Kier molecular flexibility index (Phi) is 4.96. The molecule has 1 unspecified atom stereocenters. The number of fused-ring (bicyclic) bond motifs is 1. The van der Waals surface area contributed by atoms with Crippen LogP contribution in [0, 0.1) is 0 Å². The Morgan fingerprint density at radius 3 is 2.82 bits per heavy atom. The third-order valence-corrected chi connectivity index (χ3v) is 4.30. The maximum Gasteiger partial charge on any atom is 0.254 e. The molecule has 0 aromatic heterocycles. The van der Waals surface area contributed by atoms with E-state index in [1.54, 1.807) is 23.9 Å². The van der Waals surface area contributed by atoms with Crippen molar-refractivity contribution in [1.82, 2.24) is 9.80 Å². The molecule has 22 heavy (non-hydrogen) atoms. The van der Waals surface area contributed by atoms with E-state index in [0.717, 1.165) is 31.5 Å². The second kappa shape index (κ2) is 6.57. The van der Waals surface area contributed by atoms with Gasteiger partial charge in [0, 0.05) is 38.4 Å². The average molecular weight is 324 g/mol. The summed E-state index contributed by atoms with van der Waals surface area (Å²) >= 11 is 0. The Bertz CT molecular complexity index is 589. The maximum absolute atomic E-state index is 12.7. The van der Waals surface area contributed by atoms with Crippen LogP contribution in [0.4, 0.5) is 5.69 Å². The minimum absolute atomic E-state index is 0. The molecule has 0 aliphatic carbocycles. The minimum Gasteiger partial charge on any atom is -0.384 e. The van der Waals surface area contributed by atoms with Gasteiger partial charge in [0.15, 0.2) is 0 Å². The van der Waals surface area contributed by atoms with Crippen LogP contribution in [0.2, 0.25) is 0 Å². The van der Waals surface area contributed by atoms with Crippen LogP contribution in [-0.2, 0) is 11.2 Å². The van der Waals surface area contributed by atoms with Gasteiger partial charge in [-0.1, -0.05) is 0 Å². The highest BCUT2D eigenvalue weighted by atomic mass is 35.5. The van der Waals surface area contributed by atoms with Crippen molar-refractivity contribution in [3.8, 4) is 0 Å². The Morgan fingerprint density at radius 2 is 2.09 bits per heavy atom. The molecule has 120 valence electrons. The molecule has 0 radical (unpaired) electrons. The summed E-state index contributed by atoms with van der Waals surface area (Å²) in [5, 5.41) is 3.29. The lowest BCUT2D eigenvalue weighted by molar-refractivity contribution is -0.132. The number of halogens is 1. The van der Waals surface area contributed by atoms with E-state index in [1.807, 2.05) is 18.2 Å². The molecule has 1 aromatic carbocycles. The van der Waals surface area contributed by atoms with Crippen LogP contribution in [0.3, 0.4) is 0 Å². The molecular weight excluding hydrogens is 302 g/mol. The number of hydrogen-bond acceptors (Lipinski definition) is 3. The zero-order valence-electron chi connectivity index (χ0n) is 13.0. The number of likely N-dealkylation sites (N-methyl/N-ethyl adjacent to an activating group) is 1. The molecule has 2 aliphatic heterocycles. The number of benzene rings is 1. The van der Waals surface area contributed by atoms with Crippen molar-refractivity contribution in [2.45, 2.75) is 25.3 Å². The lowest BCUT2D eigenvalue weighted by Crippen LogP contribution is -2.45. The first-order valence-corrected chi connectivity index (χ1v) is 7.47. The lowest BCUT2D eigenvalue weighted by Gasteiger charge is -2.26. The fraction of sp³-hybridized carbons (Fsp3) is 0.500. The van der Waals surface area contributed by atoms with Crippen LogP contribution in [0.15, 0.2) is 18.2 Å². The van der Waals surface area contributed by atoms with E-state index in [2.05, 4.69) is 5.32 Å². The van der Waals surface area contributed by atoms with Gasteiger partial charge in [0.25, 0.3) is 5.91 Å². The molecule has 1 saturated heterocycles. The van der Waals surface area contributed by atoms with Crippen molar-refractivity contribution in [2.75, 3.05) is 32.5 Å². The van der Waals surface area contributed by atoms with Crippen molar-refractivity contribution >= 4 is 29.9 Å². The first-order valence-electron chi connectivity index (χ1n) is 7.47. The molecule has 6 heteroatoms. The predicted molar refractivity (Wildman–Crippen MR) is 88.6 cm³/mol. The molecule has 0 spiro atoms. The monoisotopic (exact) mass is 323 g/mol. The van der Waals surface area contributed by atoms with Gasteiger partial charge in [0.2, 0.25) is 5.91 Å². The number of nitrogens with one attached hydrogen (secondary N) is 1. The van der Waals surface area contributed by atoms with Gasteiger partial charge in [0.05, 0.1) is 0 Å². The SMILES string of the molecule is CN(C)C(=O)C1CCCN1C(=O)c1ccc2c(c1)CCN2.Cl. The third-order valence-electron chi connectivity index (χ3n) is 4.30. The lowest BCUT2D eigenvalue weighted by atomic mass is 10.1. The van der Waals surface area contributed by atoms with E-state index in [1.165, 1.54) is 5.56 Å². The number of carbonyl (C=O) groups excluding carboxylic acids is 2. The molecule has 3 rings (SSSR count). The second-order valence-corrected chi connectivity index (χ2v) is 5.94. The van der Waals surface area contributed by atoms with Crippen molar-refractivity contribution in [3.05, 3.63) is 29.3 Å². The van der Waals surface area contributed by atoms with E-state index < -0.39 is 0 Å². The Hall–Kier alpha value is -1.75. The van der Waals surface area contributed by atoms with Gasteiger partial charge in [-0.05, 0) is 43.0 Å². The number of anilines is 1. The number of amides is 2. The smallest absolute Gasteiger partial charge is 0.254 e. The van der Waals surface area contributed by atoms with E-state index >= 15 is 0 Å². The molecule has 2 aliphatic rings. The van der Waals surface area contributed by atoms with Crippen LogP contribution in [0.25, 0.3) is 0 Å². The van der Waals surface area contributed by atoms with Gasteiger partial charge in [0.1, 0.15) is 6.04 Å². The number of carbonyl (C=O) groups is 2. The highest BCUT2D eigenvalue weighted by Gasteiger charge is 2.35. The van der Waals surface area contributed by atoms with Gasteiger partial charge >= 0.3 is 0 Å². The normalized spacial score (nSPS) is 19.2. The van der Waals surface area contributed by atoms with Gasteiger partial charge in [-0.15, -0.1) is 12.4 Å². The van der Waals surface area contributed by atoms with Crippen molar-refractivity contribution < 1.29 is 9.59 Å². The molecule has 2 amide bonds. The quantitative estimate of drug-likeness (QED) is 0.902. The van der Waals surface area contributed by atoms with Gasteiger partial charge in [-0.25, -0.2) is 0 Å². The largest absolute Gasteiger partial charge is 0.384 e. The zero-order chi connectivity index (χ0) is 15.0. The number of hydrogen-bond donors (Lipinski definition) is 1. The summed E-state index contributed by atoms with van der Waals surface area (Å²) in [6.45, 7) is 1.59. The maximum atomic E-state index is 12.7. The fourth-order valence-electron chi connectivity index (χ4n) is 3.17. The minimum atomic E-state index is -0.307. The number of nitrogens with zero attached hydrogens (tertiary/aromatic N) is 2. The van der Waals surface area contributed by atoms with Crippen LogP contribution >= 0.6 is 12.4 Å². The molecule has 1 fully saturated rings. The highest BCUT2D eigenvalue weighted by molar-refractivity contribution is 5.98. The van der Waals surface area contributed by atoms with E-state index in [9.17, 15) is 9.59 Å². The van der Waals surface area contributed by atoms with Crippen molar-refractivity contribution in [1.29, 1.82) is 0 Å². The van der Waals surface area contributed by atoms with Crippen LogP contribution in [0.5, 0.6) is 0 Å². The first-order chi connectivity index (χ1) is 10.1. The Balaban J connectivity index is 0.00000176. The number of rotatable bonds is 2. The third kappa shape index (κ3) is 2.90. The van der Waals surface area contributed by atoms with Crippen LogP contribution in [-0.4, -0.2) is 54.8 Å². The van der Waals surface area contributed by atoms with E-state index in [0.29, 0.717) is 12.1 Å². The first kappa shape index (κ1) is 16.6. The number of likely N-dealkylation sites (tertiary alicyclic amines) is 1. The molecule has 1 atom stereocenters. The summed E-state index contributed by atoms with van der Waals surface area (Å²) in [7, 11) is 3.48. The summed E-state index contributed by atoms with van der Waals surface area (Å²) in [5.41, 5.74) is 3.00.